The summed E-state index contributed by atoms with van der Waals surface area (Å²) in [6.07, 6.45) is 3.79. The number of hydrogen-bond acceptors (Lipinski definition) is 3. The highest BCUT2D eigenvalue weighted by atomic mass is 79.9. The van der Waals surface area contributed by atoms with E-state index in [0.717, 1.165) is 35.7 Å². The van der Waals surface area contributed by atoms with E-state index in [9.17, 15) is 9.59 Å². The number of nitrogens with one attached hydrogen (secondary N) is 1. The molecule has 1 spiro atoms. The van der Waals surface area contributed by atoms with Crippen LogP contribution >= 0.6 is 15.9 Å². The minimum atomic E-state index is -0.714. The number of nitrogens with zero attached hydrogens (tertiary/aromatic N) is 1. The Hall–Kier alpha value is -1.56. The Bertz CT molecular complexity index is 649. The number of ether oxygens (including phenoxy) is 1. The second-order valence-electron chi connectivity index (χ2n) is 6.40. The molecule has 1 aromatic carbocycles. The van der Waals surface area contributed by atoms with E-state index in [4.69, 9.17) is 4.74 Å². The molecular weight excluding hydrogens is 360 g/mol. The fourth-order valence-electron chi connectivity index (χ4n) is 3.68. The molecule has 2 aliphatic rings. The number of halogens is 1. The Balaban J connectivity index is 1.88. The summed E-state index contributed by atoms with van der Waals surface area (Å²) in [5, 5.41) is 2.98. The van der Waals surface area contributed by atoms with E-state index in [1.807, 2.05) is 18.2 Å². The smallest absolute Gasteiger partial charge is 0.325 e. The molecule has 124 valence electrons. The van der Waals surface area contributed by atoms with Crippen molar-refractivity contribution in [3.05, 3.63) is 28.2 Å². The molecule has 1 aromatic rings. The van der Waals surface area contributed by atoms with Gasteiger partial charge in [0, 0.05) is 10.0 Å². The van der Waals surface area contributed by atoms with Gasteiger partial charge in [0.05, 0.1) is 13.7 Å². The van der Waals surface area contributed by atoms with E-state index in [1.54, 1.807) is 7.11 Å². The van der Waals surface area contributed by atoms with Gasteiger partial charge in [0.2, 0.25) is 0 Å². The van der Waals surface area contributed by atoms with E-state index in [0.29, 0.717) is 5.75 Å². The SMILES string of the molecule is COc1ccc(Br)cc1CN1C(=O)N[C@@]2(CCCC[C@H]2C)C1=O. The molecule has 0 aromatic heterocycles. The maximum atomic E-state index is 13.0. The third-order valence-corrected chi connectivity index (χ3v) is 5.57. The number of methoxy groups -OCH3 is 1. The van der Waals surface area contributed by atoms with Gasteiger partial charge in [0.15, 0.2) is 0 Å². The van der Waals surface area contributed by atoms with Crippen LogP contribution in [0.25, 0.3) is 0 Å². The number of carbonyl (C=O) groups excluding carboxylic acids is 2. The van der Waals surface area contributed by atoms with Gasteiger partial charge >= 0.3 is 6.03 Å². The van der Waals surface area contributed by atoms with Crippen LogP contribution in [0.1, 0.15) is 38.2 Å². The van der Waals surface area contributed by atoms with E-state index in [2.05, 4.69) is 28.2 Å². The van der Waals surface area contributed by atoms with E-state index in [1.165, 1.54) is 4.90 Å². The van der Waals surface area contributed by atoms with E-state index < -0.39 is 5.54 Å². The zero-order valence-electron chi connectivity index (χ0n) is 13.4. The van der Waals surface area contributed by atoms with Crippen LogP contribution in [0.15, 0.2) is 22.7 Å². The molecule has 5 nitrogen and oxygen atoms in total. The van der Waals surface area contributed by atoms with Crippen LogP contribution < -0.4 is 10.1 Å². The lowest BCUT2D eigenvalue weighted by atomic mass is 9.73. The summed E-state index contributed by atoms with van der Waals surface area (Å²) >= 11 is 3.43. The minimum Gasteiger partial charge on any atom is -0.496 e. The summed E-state index contributed by atoms with van der Waals surface area (Å²) in [7, 11) is 1.59. The summed E-state index contributed by atoms with van der Waals surface area (Å²) in [6.45, 7) is 2.28. The fourth-order valence-corrected chi connectivity index (χ4v) is 4.09. The van der Waals surface area contributed by atoms with Gasteiger partial charge in [-0.05, 0) is 37.0 Å². The van der Waals surface area contributed by atoms with Gasteiger partial charge in [-0.25, -0.2) is 4.79 Å². The Morgan fingerprint density at radius 3 is 2.87 bits per heavy atom. The van der Waals surface area contributed by atoms with Gasteiger partial charge < -0.3 is 10.1 Å². The van der Waals surface area contributed by atoms with Crippen molar-refractivity contribution >= 4 is 27.9 Å². The van der Waals surface area contributed by atoms with E-state index in [-0.39, 0.29) is 24.4 Å². The molecule has 3 amide bonds. The highest BCUT2D eigenvalue weighted by molar-refractivity contribution is 9.10. The highest BCUT2D eigenvalue weighted by Gasteiger charge is 2.54. The van der Waals surface area contributed by atoms with Crippen molar-refractivity contribution < 1.29 is 14.3 Å². The van der Waals surface area contributed by atoms with Crippen LogP contribution in [-0.4, -0.2) is 29.5 Å². The third kappa shape index (κ3) is 2.73. The van der Waals surface area contributed by atoms with Crippen molar-refractivity contribution in [2.24, 2.45) is 5.92 Å². The molecule has 6 heteroatoms. The maximum Gasteiger partial charge on any atom is 0.325 e. The number of benzene rings is 1. The van der Waals surface area contributed by atoms with Crippen LogP contribution in [0.5, 0.6) is 5.75 Å². The van der Waals surface area contributed by atoms with Crippen LogP contribution in [0.3, 0.4) is 0 Å². The summed E-state index contributed by atoms with van der Waals surface area (Å²) in [5.41, 5.74) is 0.0973. The van der Waals surface area contributed by atoms with Crippen LogP contribution in [0.2, 0.25) is 0 Å². The Kier molecular flexibility index (Phi) is 4.36. The molecule has 1 N–H and O–H groups in total. The number of imide groups is 1. The standard InChI is InChI=1S/C17H21BrN2O3/c1-11-5-3-4-8-17(11)15(21)20(16(22)19-17)10-12-9-13(18)6-7-14(12)23-2/h6-7,9,11H,3-5,8,10H2,1-2H3,(H,19,22)/t11-,17-/m1/s1. The number of carbonyl (C=O) groups is 2. The number of rotatable bonds is 3. The van der Waals surface area contributed by atoms with Gasteiger partial charge in [0.1, 0.15) is 11.3 Å². The van der Waals surface area contributed by atoms with Crippen molar-refractivity contribution in [1.82, 2.24) is 10.2 Å². The van der Waals surface area contributed by atoms with Crippen molar-refractivity contribution in [3.8, 4) is 5.75 Å². The van der Waals surface area contributed by atoms with Crippen molar-refractivity contribution in [2.45, 2.75) is 44.7 Å². The topological polar surface area (TPSA) is 58.6 Å². The predicted octanol–water partition coefficient (Wildman–Crippen LogP) is 3.46. The van der Waals surface area contributed by atoms with Crippen LogP contribution in [-0.2, 0) is 11.3 Å². The largest absolute Gasteiger partial charge is 0.496 e. The Morgan fingerprint density at radius 2 is 2.17 bits per heavy atom. The zero-order chi connectivity index (χ0) is 16.6. The summed E-state index contributed by atoms with van der Waals surface area (Å²) < 4.78 is 6.24. The molecule has 1 aliphatic heterocycles. The molecule has 2 fully saturated rings. The van der Waals surface area contributed by atoms with E-state index >= 15 is 0 Å². The minimum absolute atomic E-state index is 0.100. The molecule has 1 saturated carbocycles. The molecule has 23 heavy (non-hydrogen) atoms. The monoisotopic (exact) mass is 380 g/mol. The first-order valence-corrected chi connectivity index (χ1v) is 8.74. The first-order chi connectivity index (χ1) is 11.0. The predicted molar refractivity (Wildman–Crippen MR) is 90.1 cm³/mol. The van der Waals surface area contributed by atoms with Gasteiger partial charge in [-0.15, -0.1) is 0 Å². The van der Waals surface area contributed by atoms with Gasteiger partial charge in [-0.1, -0.05) is 35.7 Å². The first kappa shape index (κ1) is 16.3. The second-order valence-corrected chi connectivity index (χ2v) is 7.31. The Labute approximate surface area is 144 Å². The van der Waals surface area contributed by atoms with Gasteiger partial charge in [-0.2, -0.15) is 0 Å². The normalized spacial score (nSPS) is 27.4. The lowest BCUT2D eigenvalue weighted by Crippen LogP contribution is -2.53. The molecule has 2 atom stereocenters. The summed E-state index contributed by atoms with van der Waals surface area (Å²) in [4.78, 5) is 26.7. The van der Waals surface area contributed by atoms with Crippen LogP contribution in [0.4, 0.5) is 4.79 Å². The molecule has 0 unspecified atom stereocenters. The lowest BCUT2D eigenvalue weighted by molar-refractivity contribution is -0.134. The molecule has 1 heterocycles. The quantitative estimate of drug-likeness (QED) is 0.816. The molecule has 1 aliphatic carbocycles. The lowest BCUT2D eigenvalue weighted by Gasteiger charge is -2.36. The average Bonchev–Trinajstić information content (AvgIpc) is 2.76. The third-order valence-electron chi connectivity index (χ3n) is 5.07. The highest BCUT2D eigenvalue weighted by Crippen LogP contribution is 2.39. The number of urea groups is 1. The molecule has 0 bridgehead atoms. The van der Waals surface area contributed by atoms with Crippen molar-refractivity contribution in [3.63, 3.8) is 0 Å². The number of hydrogen-bond donors (Lipinski definition) is 1. The molecule has 0 radical (unpaired) electrons. The summed E-state index contributed by atoms with van der Waals surface area (Å²) in [5.74, 6) is 0.741. The zero-order valence-corrected chi connectivity index (χ0v) is 15.0. The molecule has 1 saturated heterocycles. The van der Waals surface area contributed by atoms with Crippen molar-refractivity contribution in [2.75, 3.05) is 7.11 Å². The number of amides is 3. The fraction of sp³-hybridized carbons (Fsp3) is 0.529. The van der Waals surface area contributed by atoms with Crippen molar-refractivity contribution in [1.29, 1.82) is 0 Å². The summed E-state index contributed by atoms with van der Waals surface area (Å²) in [6, 6.07) is 5.29. The van der Waals surface area contributed by atoms with Gasteiger partial charge in [0.25, 0.3) is 5.91 Å². The first-order valence-electron chi connectivity index (χ1n) is 7.94. The average molecular weight is 381 g/mol. The molecular formula is C17H21BrN2O3. The molecule has 3 rings (SSSR count). The second kappa shape index (κ2) is 6.15. The van der Waals surface area contributed by atoms with Gasteiger partial charge in [-0.3, -0.25) is 9.69 Å². The van der Waals surface area contributed by atoms with Crippen LogP contribution in [0, 0.1) is 5.92 Å². The maximum absolute atomic E-state index is 13.0. The Morgan fingerprint density at radius 1 is 1.39 bits per heavy atom.